The van der Waals surface area contributed by atoms with Crippen LogP contribution in [-0.2, 0) is 9.53 Å². The van der Waals surface area contributed by atoms with Crippen molar-refractivity contribution >= 4 is 5.97 Å². The Balaban J connectivity index is 1.47. The van der Waals surface area contributed by atoms with E-state index in [4.69, 9.17) is 4.74 Å². The van der Waals surface area contributed by atoms with E-state index in [0.29, 0.717) is 10.8 Å². The van der Waals surface area contributed by atoms with Crippen LogP contribution >= 0.6 is 0 Å². The van der Waals surface area contributed by atoms with Gasteiger partial charge in [-0.05, 0) is 91.3 Å². The average Bonchev–Trinajstić information content (AvgIpc) is 3.05. The van der Waals surface area contributed by atoms with Gasteiger partial charge in [-0.3, -0.25) is 4.79 Å². The molecule has 31 heavy (non-hydrogen) atoms. The van der Waals surface area contributed by atoms with E-state index < -0.39 is 0 Å². The van der Waals surface area contributed by atoms with Gasteiger partial charge in [-0.15, -0.1) is 0 Å². The van der Waals surface area contributed by atoms with Crippen LogP contribution in [0.15, 0.2) is 11.6 Å². The molecule has 4 rings (SSSR count). The molecule has 176 valence electrons. The Kier molecular flexibility index (Phi) is 6.68. The Hall–Kier alpha value is -0.790. The second-order valence-corrected chi connectivity index (χ2v) is 12.8. The molecule has 8 atom stereocenters. The Morgan fingerprint density at radius 1 is 1.06 bits per heavy atom. The first-order chi connectivity index (χ1) is 14.6. The minimum atomic E-state index is -0.115. The molecular formula is C29H48O2. The highest BCUT2D eigenvalue weighted by Gasteiger charge is 2.59. The first-order valence-electron chi connectivity index (χ1n) is 13.5. The van der Waals surface area contributed by atoms with Crippen molar-refractivity contribution in [3.05, 3.63) is 11.6 Å². The fraction of sp³-hybridized carbons (Fsp3) is 0.897. The highest BCUT2D eigenvalue weighted by Crippen LogP contribution is 2.67. The third kappa shape index (κ3) is 4.26. The summed E-state index contributed by atoms with van der Waals surface area (Å²) >= 11 is 0. The summed E-state index contributed by atoms with van der Waals surface area (Å²) in [5.41, 5.74) is 2.53. The van der Waals surface area contributed by atoms with Gasteiger partial charge in [0.15, 0.2) is 0 Å². The SMILES string of the molecule is CC(=O)O[C@H]1CC[C@@]2(C)C(=CC[C@@H]3[C@H]2CC[C@@]2(C)[C@H]3CC[C@H]2[C@H](C)CCCC(C)C)C1. The summed E-state index contributed by atoms with van der Waals surface area (Å²) < 4.78 is 5.61. The zero-order valence-corrected chi connectivity index (χ0v) is 21.2. The van der Waals surface area contributed by atoms with Crippen LogP contribution in [0.25, 0.3) is 0 Å². The van der Waals surface area contributed by atoms with E-state index in [1.165, 1.54) is 57.8 Å². The summed E-state index contributed by atoms with van der Waals surface area (Å²) in [6.07, 6.45) is 17.2. The van der Waals surface area contributed by atoms with Gasteiger partial charge in [-0.2, -0.15) is 0 Å². The molecule has 0 spiro atoms. The maximum Gasteiger partial charge on any atom is 0.302 e. The third-order valence-corrected chi connectivity index (χ3v) is 10.6. The number of carbonyl (C=O) groups excluding carboxylic acids is 1. The summed E-state index contributed by atoms with van der Waals surface area (Å²) in [4.78, 5) is 11.5. The predicted octanol–water partition coefficient (Wildman–Crippen LogP) is 7.96. The van der Waals surface area contributed by atoms with Crippen molar-refractivity contribution in [2.45, 2.75) is 118 Å². The normalized spacial score (nSPS) is 42.9. The molecule has 0 aromatic rings. The van der Waals surface area contributed by atoms with Gasteiger partial charge < -0.3 is 4.74 Å². The highest BCUT2D eigenvalue weighted by atomic mass is 16.5. The molecule has 4 aliphatic rings. The first-order valence-corrected chi connectivity index (χ1v) is 13.5. The topological polar surface area (TPSA) is 26.3 Å². The highest BCUT2D eigenvalue weighted by molar-refractivity contribution is 5.66. The molecule has 0 N–H and O–H groups in total. The van der Waals surface area contributed by atoms with Crippen LogP contribution in [0.5, 0.6) is 0 Å². The van der Waals surface area contributed by atoms with Crippen LogP contribution in [0.1, 0.15) is 112 Å². The van der Waals surface area contributed by atoms with E-state index in [0.717, 1.165) is 48.3 Å². The zero-order chi connectivity index (χ0) is 22.4. The monoisotopic (exact) mass is 428 g/mol. The van der Waals surface area contributed by atoms with Gasteiger partial charge >= 0.3 is 5.97 Å². The van der Waals surface area contributed by atoms with Crippen molar-refractivity contribution in [2.24, 2.45) is 46.3 Å². The number of carbonyl (C=O) groups is 1. The predicted molar refractivity (Wildman–Crippen MR) is 129 cm³/mol. The molecule has 0 aromatic carbocycles. The summed E-state index contributed by atoms with van der Waals surface area (Å²) in [6, 6.07) is 0. The zero-order valence-electron chi connectivity index (χ0n) is 21.2. The number of hydrogen-bond donors (Lipinski definition) is 0. The first kappa shape index (κ1) is 23.4. The fourth-order valence-corrected chi connectivity index (χ4v) is 8.99. The maximum absolute atomic E-state index is 11.5. The van der Waals surface area contributed by atoms with Crippen molar-refractivity contribution in [3.8, 4) is 0 Å². The van der Waals surface area contributed by atoms with Crippen molar-refractivity contribution in [1.29, 1.82) is 0 Å². The van der Waals surface area contributed by atoms with Crippen molar-refractivity contribution in [1.82, 2.24) is 0 Å². The second-order valence-electron chi connectivity index (χ2n) is 12.8. The van der Waals surface area contributed by atoms with Crippen LogP contribution in [0.3, 0.4) is 0 Å². The standard InChI is InChI=1S/C29H48O2/c1-19(2)8-7-9-20(3)25-12-13-26-24-11-10-22-18-23(31-21(4)30)14-16-28(22,5)27(24)15-17-29(25,26)6/h10,19-20,23-27H,7-9,11-18H2,1-6H3/t20-,23+,24+,25+,26+,27-,28+,29-/m1/s1. The van der Waals surface area contributed by atoms with E-state index in [1.54, 1.807) is 12.5 Å². The molecule has 3 saturated carbocycles. The summed E-state index contributed by atoms with van der Waals surface area (Å²) in [7, 11) is 0. The number of fused-ring (bicyclic) bond motifs is 5. The van der Waals surface area contributed by atoms with Gasteiger partial charge in [0.1, 0.15) is 6.10 Å². The number of ether oxygens (including phenoxy) is 1. The van der Waals surface area contributed by atoms with Crippen LogP contribution < -0.4 is 0 Å². The van der Waals surface area contributed by atoms with Gasteiger partial charge in [-0.1, -0.05) is 65.5 Å². The molecule has 0 heterocycles. The number of allylic oxidation sites excluding steroid dienone is 1. The fourth-order valence-electron chi connectivity index (χ4n) is 8.99. The molecule has 0 amide bonds. The van der Waals surface area contributed by atoms with Crippen molar-refractivity contribution < 1.29 is 9.53 Å². The lowest BCUT2D eigenvalue weighted by Crippen LogP contribution is -2.51. The van der Waals surface area contributed by atoms with E-state index in [9.17, 15) is 4.79 Å². The summed E-state index contributed by atoms with van der Waals surface area (Å²) in [5, 5.41) is 0. The Morgan fingerprint density at radius 3 is 2.55 bits per heavy atom. The maximum atomic E-state index is 11.5. The van der Waals surface area contributed by atoms with Gasteiger partial charge in [0.25, 0.3) is 0 Å². The Bertz CT molecular complexity index is 693. The molecule has 0 saturated heterocycles. The molecule has 0 aliphatic heterocycles. The molecule has 3 fully saturated rings. The lowest BCUT2D eigenvalue weighted by atomic mass is 9.47. The van der Waals surface area contributed by atoms with Gasteiger partial charge in [0.2, 0.25) is 0 Å². The Morgan fingerprint density at radius 2 is 1.84 bits per heavy atom. The van der Waals surface area contributed by atoms with E-state index >= 15 is 0 Å². The number of esters is 1. The second kappa shape index (κ2) is 8.86. The molecule has 4 aliphatic carbocycles. The van der Waals surface area contributed by atoms with Crippen molar-refractivity contribution in [2.75, 3.05) is 0 Å². The van der Waals surface area contributed by atoms with Gasteiger partial charge in [0, 0.05) is 13.3 Å². The molecule has 0 bridgehead atoms. The van der Waals surface area contributed by atoms with Crippen LogP contribution in [0, 0.1) is 46.3 Å². The lowest BCUT2D eigenvalue weighted by molar-refractivity contribution is -0.148. The minimum Gasteiger partial charge on any atom is -0.462 e. The van der Waals surface area contributed by atoms with Crippen LogP contribution in [0.4, 0.5) is 0 Å². The molecule has 0 aromatic heterocycles. The van der Waals surface area contributed by atoms with E-state index in [-0.39, 0.29) is 12.1 Å². The minimum absolute atomic E-state index is 0.115. The molecule has 0 radical (unpaired) electrons. The van der Waals surface area contributed by atoms with E-state index in [1.807, 2.05) is 0 Å². The number of rotatable bonds is 6. The Labute approximate surface area is 192 Å². The largest absolute Gasteiger partial charge is 0.462 e. The van der Waals surface area contributed by atoms with Gasteiger partial charge in [0.05, 0.1) is 0 Å². The van der Waals surface area contributed by atoms with Crippen LogP contribution in [0.2, 0.25) is 0 Å². The van der Waals surface area contributed by atoms with E-state index in [2.05, 4.69) is 40.7 Å². The quantitative estimate of drug-likeness (QED) is 0.317. The van der Waals surface area contributed by atoms with Gasteiger partial charge in [-0.25, -0.2) is 0 Å². The average molecular weight is 429 g/mol. The third-order valence-electron chi connectivity index (χ3n) is 10.6. The molecule has 2 nitrogen and oxygen atoms in total. The molecule has 2 heteroatoms. The molecular weight excluding hydrogens is 380 g/mol. The van der Waals surface area contributed by atoms with Crippen LogP contribution in [-0.4, -0.2) is 12.1 Å². The lowest BCUT2D eigenvalue weighted by Gasteiger charge is -2.58. The van der Waals surface area contributed by atoms with Crippen molar-refractivity contribution in [3.63, 3.8) is 0 Å². The number of hydrogen-bond acceptors (Lipinski definition) is 2. The smallest absolute Gasteiger partial charge is 0.302 e. The summed E-state index contributed by atoms with van der Waals surface area (Å²) in [5.74, 6) is 5.19. The summed E-state index contributed by atoms with van der Waals surface area (Å²) in [6.45, 7) is 14.1. The molecule has 0 unspecified atom stereocenters.